The molecule has 22 nitrogen and oxygen atoms in total. The van der Waals surface area contributed by atoms with Gasteiger partial charge in [-0.3, -0.25) is 28.0 Å². The molecule has 3 fully saturated rings. The molecule has 0 amide bonds. The molecule has 0 aliphatic carbocycles. The highest BCUT2D eigenvalue weighted by Crippen LogP contribution is 2.50. The zero-order valence-electron chi connectivity index (χ0n) is 22.0. The summed E-state index contributed by atoms with van der Waals surface area (Å²) in [7, 11) is -10.4. The van der Waals surface area contributed by atoms with E-state index in [1.807, 2.05) is 0 Å². The maximum absolute atomic E-state index is 13.0. The van der Waals surface area contributed by atoms with Crippen molar-refractivity contribution in [1.82, 2.24) is 39.0 Å². The first-order valence-electron chi connectivity index (χ1n) is 12.8. The van der Waals surface area contributed by atoms with Crippen molar-refractivity contribution in [1.29, 1.82) is 0 Å². The van der Waals surface area contributed by atoms with Gasteiger partial charge in [0.15, 0.2) is 28.9 Å². The lowest BCUT2D eigenvalue weighted by Crippen LogP contribution is -2.36. The topological polar surface area (TPSA) is 315 Å². The maximum Gasteiger partial charge on any atom is 0.280 e. The number of aliphatic hydroxyl groups excluding tert-OH is 1. The first kappa shape index (κ1) is 29.3. The highest BCUT2D eigenvalue weighted by molar-refractivity contribution is 7.46. The largest absolute Gasteiger partial charge is 0.756 e. The van der Waals surface area contributed by atoms with E-state index in [1.54, 1.807) is 0 Å². The fraction of sp³-hybridized carbons (Fsp3) is 0.500. The van der Waals surface area contributed by atoms with Crippen LogP contribution in [0.2, 0.25) is 0 Å². The number of aromatic nitrogens is 8. The van der Waals surface area contributed by atoms with Gasteiger partial charge in [0.05, 0.1) is 32.0 Å². The molecule has 236 valence electrons. The zero-order chi connectivity index (χ0) is 31.0. The van der Waals surface area contributed by atoms with Crippen LogP contribution in [0.4, 0.5) is 11.8 Å². The summed E-state index contributed by atoms with van der Waals surface area (Å²) < 4.78 is 60.8. The van der Waals surface area contributed by atoms with Crippen molar-refractivity contribution in [2.45, 2.75) is 49.4 Å². The Labute approximate surface area is 244 Å². The van der Waals surface area contributed by atoms with Crippen molar-refractivity contribution >= 4 is 49.7 Å². The molecule has 0 radical (unpaired) electrons. The lowest BCUT2D eigenvalue weighted by Gasteiger charge is -2.31. The molecule has 44 heavy (non-hydrogen) atoms. The molecule has 4 aromatic heterocycles. The predicted molar refractivity (Wildman–Crippen MR) is 138 cm³/mol. The molecule has 2 bridgehead atoms. The van der Waals surface area contributed by atoms with E-state index in [2.05, 4.69) is 29.9 Å². The Hall–Kier alpha value is -3.40. The van der Waals surface area contributed by atoms with E-state index in [0.717, 1.165) is 10.9 Å². The first-order chi connectivity index (χ1) is 20.9. The predicted octanol–water partition coefficient (Wildman–Crippen LogP) is -2.58. The molecule has 4 aromatic rings. The Balaban J connectivity index is 1.19. The number of nitrogens with one attached hydrogen (secondary N) is 1. The number of ether oxygens (including phenoxy) is 2. The van der Waals surface area contributed by atoms with Crippen LogP contribution in [0.5, 0.6) is 0 Å². The SMILES string of the molecule is Nc1nc2c(ncn2[C@@H]2O[C@@H]3COP(=O)([O-])O[C@H]4C[C@H](n5cnc6c(N)ncnc65)O[C@@H]4COP(=O)([O-])O[C@@H]2[C@@H]3O)c(=O)[nH]1. The number of nitrogen functional groups attached to an aromatic ring is 2. The normalized spacial score (nSPS) is 36.6. The van der Waals surface area contributed by atoms with Crippen LogP contribution in [-0.2, 0) is 36.7 Å². The van der Waals surface area contributed by atoms with E-state index >= 15 is 0 Å². The van der Waals surface area contributed by atoms with Gasteiger partial charge in [-0.25, -0.2) is 19.9 Å². The van der Waals surface area contributed by atoms with E-state index in [-0.39, 0.29) is 40.5 Å². The highest BCUT2D eigenvalue weighted by atomic mass is 31.2. The number of hydrogen-bond acceptors (Lipinski definition) is 19. The smallest absolute Gasteiger partial charge is 0.280 e. The van der Waals surface area contributed by atoms with Crippen molar-refractivity contribution < 1.29 is 51.6 Å². The standard InChI is InChI=1S/C20H24N10O12P2/c21-15-11-16(24-4-23-15)29(5-25-11)10-1-7-8(39-10)2-37-44(35,36)42-14-13(31)9(3-38-43(33,34)41-7)40-19(14)30-6-26-12-17(30)27-20(22)28-18(12)32/h4-10,13-14,19,31H,1-3H2,(H,33,34)(H,35,36)(H2,21,23,24)(H3,22,27,28,32)/p-2/t7-,8+,9+,10+,13+,14+,19+/m0/s1. The second-order valence-electron chi connectivity index (χ2n) is 9.98. The number of aliphatic hydroxyl groups is 1. The van der Waals surface area contributed by atoms with E-state index in [1.165, 1.54) is 17.2 Å². The van der Waals surface area contributed by atoms with Crippen LogP contribution in [0, 0.1) is 0 Å². The number of aromatic amines is 1. The van der Waals surface area contributed by atoms with Crippen LogP contribution in [0.15, 0.2) is 23.8 Å². The minimum atomic E-state index is -5.28. The van der Waals surface area contributed by atoms with Gasteiger partial charge in [0.2, 0.25) is 5.95 Å². The molecule has 6 N–H and O–H groups in total. The van der Waals surface area contributed by atoms with Gasteiger partial charge in [0.25, 0.3) is 21.2 Å². The summed E-state index contributed by atoms with van der Waals surface area (Å²) in [6.45, 7) is -1.57. The number of H-pyrrole nitrogens is 1. The third-order valence-electron chi connectivity index (χ3n) is 7.22. The van der Waals surface area contributed by atoms with E-state index in [4.69, 9.17) is 39.0 Å². The fourth-order valence-electron chi connectivity index (χ4n) is 5.24. The first-order valence-corrected chi connectivity index (χ1v) is 15.7. The van der Waals surface area contributed by atoms with Crippen molar-refractivity contribution in [2.24, 2.45) is 0 Å². The molecule has 0 aromatic carbocycles. The molecule has 9 atom stereocenters. The molecular formula is C20H22N10O12P2-2. The molecule has 7 heterocycles. The number of imidazole rings is 2. The molecule has 3 aliphatic rings. The number of phosphoric ester groups is 2. The average molecular weight is 656 g/mol. The van der Waals surface area contributed by atoms with Crippen LogP contribution in [-0.4, -0.2) is 87.9 Å². The molecule has 3 aliphatic heterocycles. The minimum absolute atomic E-state index is 0.0999. The third kappa shape index (κ3) is 5.18. The molecule has 0 spiro atoms. The quantitative estimate of drug-likeness (QED) is 0.161. The summed E-state index contributed by atoms with van der Waals surface area (Å²) in [5, 5.41) is 10.9. The van der Waals surface area contributed by atoms with Gasteiger partial charge in [-0.2, -0.15) is 4.98 Å². The Morgan fingerprint density at radius 3 is 2.41 bits per heavy atom. The Morgan fingerprint density at radius 2 is 1.61 bits per heavy atom. The molecule has 3 saturated heterocycles. The number of fused-ring (bicyclic) bond motifs is 5. The van der Waals surface area contributed by atoms with Gasteiger partial charge in [0.1, 0.15) is 42.5 Å². The molecule has 24 heteroatoms. The summed E-state index contributed by atoms with van der Waals surface area (Å²) in [6, 6.07) is 0. The van der Waals surface area contributed by atoms with E-state index in [9.17, 15) is 28.8 Å². The van der Waals surface area contributed by atoms with Crippen molar-refractivity contribution in [3.8, 4) is 0 Å². The van der Waals surface area contributed by atoms with Gasteiger partial charge < -0.3 is 53.9 Å². The van der Waals surface area contributed by atoms with Gasteiger partial charge >= 0.3 is 0 Å². The van der Waals surface area contributed by atoms with Gasteiger partial charge in [-0.1, -0.05) is 0 Å². The highest BCUT2D eigenvalue weighted by Gasteiger charge is 2.49. The summed E-state index contributed by atoms with van der Waals surface area (Å²) in [5.41, 5.74) is 11.0. The summed E-state index contributed by atoms with van der Waals surface area (Å²) >= 11 is 0. The molecule has 2 unspecified atom stereocenters. The number of nitrogens with two attached hydrogens (primary N) is 2. The maximum atomic E-state index is 13.0. The van der Waals surface area contributed by atoms with Crippen LogP contribution in [0.1, 0.15) is 18.9 Å². The Kier molecular flexibility index (Phi) is 7.06. The molecule has 7 rings (SSSR count). The number of anilines is 2. The van der Waals surface area contributed by atoms with Crippen LogP contribution < -0.4 is 26.8 Å². The number of nitrogens with zero attached hydrogens (tertiary/aromatic N) is 7. The second-order valence-corrected chi connectivity index (χ2v) is 12.7. The van der Waals surface area contributed by atoms with E-state index in [0.29, 0.717) is 0 Å². The Bertz CT molecular complexity index is 1900. The molecule has 0 saturated carbocycles. The van der Waals surface area contributed by atoms with Gasteiger partial charge in [-0.15, -0.1) is 0 Å². The van der Waals surface area contributed by atoms with Gasteiger partial charge in [-0.05, 0) is 0 Å². The van der Waals surface area contributed by atoms with Crippen molar-refractivity contribution in [2.75, 3.05) is 24.7 Å². The Morgan fingerprint density at radius 1 is 0.909 bits per heavy atom. The lowest BCUT2D eigenvalue weighted by atomic mass is 10.1. The van der Waals surface area contributed by atoms with E-state index < -0.39 is 77.4 Å². The lowest BCUT2D eigenvalue weighted by molar-refractivity contribution is -0.239. The summed E-state index contributed by atoms with van der Waals surface area (Å²) in [4.78, 5) is 60.6. The van der Waals surface area contributed by atoms with Crippen LogP contribution in [0.3, 0.4) is 0 Å². The summed E-state index contributed by atoms with van der Waals surface area (Å²) in [6.07, 6.45) is -6.50. The van der Waals surface area contributed by atoms with Gasteiger partial charge in [0, 0.05) is 6.42 Å². The fourth-order valence-corrected chi connectivity index (χ4v) is 7.10. The van der Waals surface area contributed by atoms with Crippen LogP contribution in [0.25, 0.3) is 22.3 Å². The summed E-state index contributed by atoms with van der Waals surface area (Å²) in [5.74, 6) is -0.184. The molecular weight excluding hydrogens is 634 g/mol. The zero-order valence-corrected chi connectivity index (χ0v) is 23.8. The number of phosphoric acid groups is 2. The average Bonchev–Trinajstić information content (AvgIpc) is 3.72. The van der Waals surface area contributed by atoms with Crippen molar-refractivity contribution in [3.63, 3.8) is 0 Å². The monoisotopic (exact) mass is 656 g/mol. The van der Waals surface area contributed by atoms with Crippen LogP contribution >= 0.6 is 15.6 Å². The van der Waals surface area contributed by atoms with Crippen molar-refractivity contribution in [3.05, 3.63) is 29.3 Å². The number of rotatable bonds is 2. The third-order valence-corrected chi connectivity index (χ3v) is 9.19. The second kappa shape index (κ2) is 10.6. The minimum Gasteiger partial charge on any atom is -0.756 e. The number of hydrogen-bond donors (Lipinski definition) is 4.